The van der Waals surface area contributed by atoms with Gasteiger partial charge < -0.3 is 14.7 Å². The standard InChI is InChI=1S/C25H27N3O4S/c1-4-20(28-13-5-6-22(28)29)19-12-9-17(25(30)31)14-21(19)32-18-10-7-16(8-11-18)24-27-26-23(33-24)15(2)3/h7-12,14-15,20H,4-6,13H2,1-3H3,(H,30,31). The highest BCUT2D eigenvalue weighted by molar-refractivity contribution is 7.14. The van der Waals surface area contributed by atoms with E-state index in [0.29, 0.717) is 36.8 Å². The number of carboxylic acids is 1. The molecule has 3 aromatic rings. The van der Waals surface area contributed by atoms with E-state index < -0.39 is 5.97 Å². The largest absolute Gasteiger partial charge is 0.478 e. The molecule has 0 saturated carbocycles. The van der Waals surface area contributed by atoms with E-state index in [1.807, 2.05) is 36.1 Å². The van der Waals surface area contributed by atoms with Gasteiger partial charge in [-0.1, -0.05) is 38.2 Å². The molecular formula is C25H27N3O4S. The van der Waals surface area contributed by atoms with Crippen molar-refractivity contribution in [3.8, 4) is 22.1 Å². The van der Waals surface area contributed by atoms with Crippen LogP contribution in [0, 0.1) is 0 Å². The lowest BCUT2D eigenvalue weighted by molar-refractivity contribution is -0.129. The predicted octanol–water partition coefficient (Wildman–Crippen LogP) is 5.89. The van der Waals surface area contributed by atoms with Crippen LogP contribution >= 0.6 is 11.3 Å². The quantitative estimate of drug-likeness (QED) is 0.446. The molecule has 1 unspecified atom stereocenters. The van der Waals surface area contributed by atoms with E-state index in [4.69, 9.17) is 4.74 Å². The number of likely N-dealkylation sites (tertiary alicyclic amines) is 1. The Kier molecular flexibility index (Phi) is 6.74. The summed E-state index contributed by atoms with van der Waals surface area (Å²) in [5.41, 5.74) is 1.90. The number of carbonyl (C=O) groups is 2. The summed E-state index contributed by atoms with van der Waals surface area (Å²) in [6.45, 7) is 6.90. The molecule has 1 fully saturated rings. The Morgan fingerprint density at radius 2 is 1.94 bits per heavy atom. The molecule has 7 nitrogen and oxygen atoms in total. The highest BCUT2D eigenvalue weighted by atomic mass is 32.1. The van der Waals surface area contributed by atoms with E-state index in [1.165, 1.54) is 6.07 Å². The van der Waals surface area contributed by atoms with Crippen molar-refractivity contribution in [2.24, 2.45) is 0 Å². The summed E-state index contributed by atoms with van der Waals surface area (Å²) in [5, 5.41) is 19.8. The fraction of sp³-hybridized carbons (Fsp3) is 0.360. The topological polar surface area (TPSA) is 92.6 Å². The van der Waals surface area contributed by atoms with Crippen molar-refractivity contribution in [2.45, 2.75) is 52.0 Å². The number of ether oxygens (including phenoxy) is 1. The van der Waals surface area contributed by atoms with Crippen LogP contribution in [0.5, 0.6) is 11.5 Å². The average molecular weight is 466 g/mol. The maximum Gasteiger partial charge on any atom is 0.335 e. The third-order valence-corrected chi connectivity index (χ3v) is 7.03. The van der Waals surface area contributed by atoms with Gasteiger partial charge in [-0.15, -0.1) is 10.2 Å². The molecule has 172 valence electrons. The minimum absolute atomic E-state index is 0.122. The number of benzene rings is 2. The summed E-state index contributed by atoms with van der Waals surface area (Å²) < 4.78 is 6.18. The minimum atomic E-state index is -1.02. The molecule has 1 N–H and O–H groups in total. The Morgan fingerprint density at radius 1 is 1.18 bits per heavy atom. The van der Waals surface area contributed by atoms with Crippen molar-refractivity contribution in [3.63, 3.8) is 0 Å². The molecule has 0 aliphatic carbocycles. The fourth-order valence-corrected chi connectivity index (χ4v) is 4.87. The monoisotopic (exact) mass is 465 g/mol. The van der Waals surface area contributed by atoms with Gasteiger partial charge in [0.2, 0.25) is 5.91 Å². The normalized spacial score (nSPS) is 14.7. The molecule has 1 aliphatic heterocycles. The molecule has 1 atom stereocenters. The van der Waals surface area contributed by atoms with Crippen LogP contribution in [0.2, 0.25) is 0 Å². The Bertz CT molecular complexity index is 1160. The van der Waals surface area contributed by atoms with Crippen LogP contribution in [-0.2, 0) is 4.79 Å². The van der Waals surface area contributed by atoms with Crippen LogP contribution in [0.4, 0.5) is 0 Å². The maximum atomic E-state index is 12.4. The third kappa shape index (κ3) is 4.90. The zero-order valence-electron chi connectivity index (χ0n) is 18.9. The molecule has 0 spiro atoms. The summed E-state index contributed by atoms with van der Waals surface area (Å²) in [5.74, 6) is 0.459. The van der Waals surface area contributed by atoms with E-state index in [0.717, 1.165) is 27.6 Å². The number of nitrogens with zero attached hydrogens (tertiary/aromatic N) is 3. The Morgan fingerprint density at radius 3 is 2.52 bits per heavy atom. The number of carboxylic acid groups (broad SMARTS) is 1. The number of carbonyl (C=O) groups excluding carboxylic acids is 1. The number of hydrogen-bond donors (Lipinski definition) is 1. The van der Waals surface area contributed by atoms with Crippen LogP contribution in [-0.4, -0.2) is 38.6 Å². The minimum Gasteiger partial charge on any atom is -0.478 e. The first kappa shape index (κ1) is 22.9. The first-order chi connectivity index (χ1) is 15.9. The molecule has 8 heteroatoms. The van der Waals surface area contributed by atoms with Gasteiger partial charge in [-0.3, -0.25) is 4.79 Å². The van der Waals surface area contributed by atoms with Gasteiger partial charge in [-0.2, -0.15) is 0 Å². The lowest BCUT2D eigenvalue weighted by Gasteiger charge is -2.29. The second-order valence-electron chi connectivity index (χ2n) is 8.40. The first-order valence-electron chi connectivity index (χ1n) is 11.2. The van der Waals surface area contributed by atoms with E-state index in [9.17, 15) is 14.7 Å². The molecule has 2 heterocycles. The fourth-order valence-electron chi connectivity index (χ4n) is 4.01. The van der Waals surface area contributed by atoms with Crippen molar-refractivity contribution >= 4 is 23.2 Å². The molecule has 4 rings (SSSR count). The Labute approximate surface area is 197 Å². The van der Waals surface area contributed by atoms with Gasteiger partial charge in [0.1, 0.15) is 21.5 Å². The van der Waals surface area contributed by atoms with Crippen LogP contribution in [0.3, 0.4) is 0 Å². The lowest BCUT2D eigenvalue weighted by atomic mass is 9.99. The molecule has 0 bridgehead atoms. The summed E-state index contributed by atoms with van der Waals surface area (Å²) in [7, 11) is 0. The van der Waals surface area contributed by atoms with E-state index >= 15 is 0 Å². The van der Waals surface area contributed by atoms with Crippen LogP contribution in [0.15, 0.2) is 42.5 Å². The summed E-state index contributed by atoms with van der Waals surface area (Å²) in [4.78, 5) is 25.8. The number of rotatable bonds is 8. The van der Waals surface area contributed by atoms with E-state index in [-0.39, 0.29) is 17.5 Å². The second kappa shape index (κ2) is 9.70. The zero-order chi connectivity index (χ0) is 23.5. The van der Waals surface area contributed by atoms with Gasteiger partial charge in [-0.25, -0.2) is 4.79 Å². The van der Waals surface area contributed by atoms with Gasteiger partial charge in [0.15, 0.2) is 0 Å². The van der Waals surface area contributed by atoms with Gasteiger partial charge in [0.25, 0.3) is 0 Å². The smallest absolute Gasteiger partial charge is 0.335 e. The Balaban J connectivity index is 1.63. The third-order valence-electron chi connectivity index (χ3n) is 5.76. The molecule has 0 radical (unpaired) electrons. The summed E-state index contributed by atoms with van der Waals surface area (Å²) in [6.07, 6.45) is 2.10. The molecule has 1 saturated heterocycles. The molecular weight excluding hydrogens is 438 g/mol. The number of aromatic carboxylic acids is 1. The molecule has 1 aromatic heterocycles. The predicted molar refractivity (Wildman–Crippen MR) is 127 cm³/mol. The van der Waals surface area contributed by atoms with Crippen molar-refractivity contribution in [3.05, 3.63) is 58.6 Å². The average Bonchev–Trinajstić information content (AvgIpc) is 3.46. The van der Waals surface area contributed by atoms with Gasteiger partial charge in [0, 0.05) is 30.0 Å². The maximum absolute atomic E-state index is 12.4. The summed E-state index contributed by atoms with van der Waals surface area (Å²) >= 11 is 1.57. The molecule has 1 amide bonds. The van der Waals surface area contributed by atoms with Crippen molar-refractivity contribution in [1.82, 2.24) is 15.1 Å². The molecule has 1 aliphatic rings. The first-order valence-corrected chi connectivity index (χ1v) is 12.0. The van der Waals surface area contributed by atoms with E-state index in [1.54, 1.807) is 23.5 Å². The van der Waals surface area contributed by atoms with Crippen molar-refractivity contribution in [1.29, 1.82) is 0 Å². The molecule has 33 heavy (non-hydrogen) atoms. The Hall–Kier alpha value is -3.26. The number of aromatic nitrogens is 2. The van der Waals surface area contributed by atoms with E-state index in [2.05, 4.69) is 24.0 Å². The van der Waals surface area contributed by atoms with Gasteiger partial charge in [0.05, 0.1) is 11.6 Å². The zero-order valence-corrected chi connectivity index (χ0v) is 19.8. The second-order valence-corrected chi connectivity index (χ2v) is 9.41. The van der Waals surface area contributed by atoms with Gasteiger partial charge >= 0.3 is 5.97 Å². The van der Waals surface area contributed by atoms with Crippen LogP contribution < -0.4 is 4.74 Å². The van der Waals surface area contributed by atoms with Crippen molar-refractivity contribution < 1.29 is 19.4 Å². The number of hydrogen-bond acceptors (Lipinski definition) is 6. The molecule has 2 aromatic carbocycles. The summed E-state index contributed by atoms with van der Waals surface area (Å²) in [6, 6.07) is 12.2. The SMILES string of the molecule is CCC(c1ccc(C(=O)O)cc1Oc1ccc(-c2nnc(C(C)C)s2)cc1)N1CCCC1=O. The van der Waals surface area contributed by atoms with Gasteiger partial charge in [-0.05, 0) is 49.2 Å². The van der Waals surface area contributed by atoms with Crippen LogP contribution in [0.25, 0.3) is 10.6 Å². The van der Waals surface area contributed by atoms with Crippen LogP contribution in [0.1, 0.15) is 72.9 Å². The highest BCUT2D eigenvalue weighted by Crippen LogP contribution is 2.38. The van der Waals surface area contributed by atoms with Crippen molar-refractivity contribution in [2.75, 3.05) is 6.54 Å². The number of amides is 1. The lowest BCUT2D eigenvalue weighted by Crippen LogP contribution is -2.29. The highest BCUT2D eigenvalue weighted by Gasteiger charge is 2.30.